The number of hydrogen-bond donors (Lipinski definition) is 0. The first-order valence-electron chi connectivity index (χ1n) is 7.70. The summed E-state index contributed by atoms with van der Waals surface area (Å²) in [5.41, 5.74) is 1.18. The maximum absolute atomic E-state index is 12.4. The fourth-order valence-electron chi connectivity index (χ4n) is 2.70. The number of anilines is 1. The molecule has 2 heterocycles. The van der Waals surface area contributed by atoms with Crippen molar-refractivity contribution in [3.8, 4) is 0 Å². The summed E-state index contributed by atoms with van der Waals surface area (Å²) in [6, 6.07) is 10.1. The van der Waals surface area contributed by atoms with Crippen molar-refractivity contribution in [3.05, 3.63) is 41.7 Å². The summed E-state index contributed by atoms with van der Waals surface area (Å²) < 4.78 is 4.43. The predicted octanol–water partition coefficient (Wildman–Crippen LogP) is 2.26. The molecular weight excluding hydrogens is 296 g/mol. The number of carbonyl (C=O) groups excluding carboxylic acids is 1. The van der Waals surface area contributed by atoms with Gasteiger partial charge in [-0.05, 0) is 18.4 Å². The molecule has 2 aliphatic rings. The molecule has 1 aliphatic carbocycles. The van der Waals surface area contributed by atoms with E-state index < -0.39 is 0 Å². The number of carbonyl (C=O) groups is 1. The average Bonchev–Trinajstić information content (AvgIpc) is 3.28. The molecule has 6 heteroatoms. The first kappa shape index (κ1) is 13.7. The molecule has 1 saturated carbocycles. The van der Waals surface area contributed by atoms with E-state index in [2.05, 4.69) is 26.4 Å². The summed E-state index contributed by atoms with van der Waals surface area (Å²) in [4.78, 5) is 21.0. The normalized spacial score (nSPS) is 18.8. The van der Waals surface area contributed by atoms with E-state index in [-0.39, 0.29) is 5.91 Å². The Morgan fingerprint density at radius 2 is 2.00 bits per heavy atom. The van der Waals surface area contributed by atoms with E-state index in [1.165, 1.54) is 29.9 Å². The number of amides is 1. The second-order valence-corrected chi connectivity index (χ2v) is 6.66. The Balaban J connectivity index is 1.40. The molecule has 22 heavy (non-hydrogen) atoms. The number of nitrogens with zero attached hydrogens (tertiary/aromatic N) is 4. The minimum atomic E-state index is 0.165. The molecule has 0 N–H and O–H groups in total. The molecule has 114 valence electrons. The lowest BCUT2D eigenvalue weighted by Crippen LogP contribution is -2.50. The highest BCUT2D eigenvalue weighted by Crippen LogP contribution is 2.39. The molecule has 1 saturated heterocycles. The van der Waals surface area contributed by atoms with Gasteiger partial charge in [-0.2, -0.15) is 4.37 Å². The van der Waals surface area contributed by atoms with Gasteiger partial charge in [0.1, 0.15) is 5.82 Å². The summed E-state index contributed by atoms with van der Waals surface area (Å²) >= 11 is 1.43. The van der Waals surface area contributed by atoms with E-state index in [0.717, 1.165) is 24.0 Å². The van der Waals surface area contributed by atoms with Gasteiger partial charge in [-0.1, -0.05) is 30.3 Å². The van der Waals surface area contributed by atoms with Gasteiger partial charge in [0.2, 0.25) is 11.0 Å². The third-order valence-electron chi connectivity index (χ3n) is 4.18. The fraction of sp³-hybridized carbons (Fsp3) is 0.438. The Labute approximate surface area is 133 Å². The third-order valence-corrected chi connectivity index (χ3v) is 4.97. The quantitative estimate of drug-likeness (QED) is 0.868. The molecular formula is C16H18N4OS. The van der Waals surface area contributed by atoms with Gasteiger partial charge < -0.3 is 9.80 Å². The van der Waals surface area contributed by atoms with Crippen LogP contribution < -0.4 is 4.90 Å². The second-order valence-electron chi connectivity index (χ2n) is 5.93. The molecule has 1 aromatic carbocycles. The Hall–Kier alpha value is -1.95. The van der Waals surface area contributed by atoms with E-state index in [0.29, 0.717) is 19.0 Å². The molecule has 0 spiro atoms. The number of hydrogen-bond acceptors (Lipinski definition) is 5. The lowest BCUT2D eigenvalue weighted by atomic mass is 10.2. The zero-order valence-electron chi connectivity index (χ0n) is 12.3. The second kappa shape index (κ2) is 5.68. The Morgan fingerprint density at radius 1 is 1.18 bits per heavy atom. The number of piperazine rings is 1. The van der Waals surface area contributed by atoms with Gasteiger partial charge in [0.25, 0.3) is 0 Å². The molecule has 2 aromatic rings. The van der Waals surface area contributed by atoms with Crippen LogP contribution in [0.1, 0.15) is 30.1 Å². The third kappa shape index (κ3) is 2.83. The topological polar surface area (TPSA) is 49.3 Å². The Kier molecular flexibility index (Phi) is 3.54. The summed E-state index contributed by atoms with van der Waals surface area (Å²) in [6.07, 6.45) is 2.42. The molecule has 1 amide bonds. The summed E-state index contributed by atoms with van der Waals surface area (Å²) in [5.74, 6) is 1.71. The predicted molar refractivity (Wildman–Crippen MR) is 86.0 cm³/mol. The van der Waals surface area contributed by atoms with Crippen molar-refractivity contribution in [2.75, 3.05) is 24.5 Å². The lowest BCUT2D eigenvalue weighted by molar-refractivity contribution is -0.131. The molecule has 0 bridgehead atoms. The van der Waals surface area contributed by atoms with E-state index in [1.54, 1.807) is 0 Å². The van der Waals surface area contributed by atoms with Gasteiger partial charge in [0, 0.05) is 37.1 Å². The van der Waals surface area contributed by atoms with Crippen LogP contribution in [0, 0.1) is 0 Å². The minimum Gasteiger partial charge on any atom is -0.336 e. The highest BCUT2D eigenvalue weighted by atomic mass is 32.1. The minimum absolute atomic E-state index is 0.165. The summed E-state index contributed by atoms with van der Waals surface area (Å²) in [5, 5.41) is 0.898. The highest BCUT2D eigenvalue weighted by Gasteiger charge is 2.30. The van der Waals surface area contributed by atoms with Crippen LogP contribution in [0.15, 0.2) is 30.3 Å². The first-order valence-corrected chi connectivity index (χ1v) is 8.47. The van der Waals surface area contributed by atoms with Gasteiger partial charge in [0.05, 0.1) is 6.54 Å². The summed E-state index contributed by atoms with van der Waals surface area (Å²) in [6.45, 7) is 2.67. The van der Waals surface area contributed by atoms with Gasteiger partial charge in [-0.25, -0.2) is 4.98 Å². The Bertz CT molecular complexity index is 668. The highest BCUT2D eigenvalue weighted by molar-refractivity contribution is 7.09. The maximum Gasteiger partial charge on any atom is 0.242 e. The van der Waals surface area contributed by atoms with Crippen LogP contribution >= 0.6 is 11.5 Å². The molecule has 1 aliphatic heterocycles. The average molecular weight is 314 g/mol. The molecule has 5 nitrogen and oxygen atoms in total. The SMILES string of the molecule is O=C1CN(c2nc(C3CC3)ns2)CCN1Cc1ccccc1. The standard InChI is InChI=1S/C16H18N4OS/c21-14-11-20(16-17-15(18-22-16)13-6-7-13)9-8-19(14)10-12-4-2-1-3-5-12/h1-5,13H,6-11H2. The number of rotatable bonds is 4. The number of aromatic nitrogens is 2. The van der Waals surface area contributed by atoms with Crippen LogP contribution in [-0.2, 0) is 11.3 Å². The van der Waals surface area contributed by atoms with Gasteiger partial charge >= 0.3 is 0 Å². The summed E-state index contributed by atoms with van der Waals surface area (Å²) in [7, 11) is 0. The zero-order valence-corrected chi connectivity index (χ0v) is 13.1. The van der Waals surface area contributed by atoms with E-state index in [9.17, 15) is 4.79 Å². The van der Waals surface area contributed by atoms with Crippen molar-refractivity contribution in [2.24, 2.45) is 0 Å². The fourth-order valence-corrected chi connectivity index (χ4v) is 3.48. The van der Waals surface area contributed by atoms with Crippen LogP contribution in [0.2, 0.25) is 0 Å². The monoisotopic (exact) mass is 314 g/mol. The van der Waals surface area contributed by atoms with E-state index in [4.69, 9.17) is 0 Å². The molecule has 4 rings (SSSR count). The smallest absolute Gasteiger partial charge is 0.242 e. The van der Waals surface area contributed by atoms with Crippen LogP contribution in [0.5, 0.6) is 0 Å². The number of benzene rings is 1. The largest absolute Gasteiger partial charge is 0.336 e. The van der Waals surface area contributed by atoms with E-state index in [1.807, 2.05) is 23.1 Å². The molecule has 0 unspecified atom stereocenters. The molecule has 2 fully saturated rings. The van der Waals surface area contributed by atoms with Gasteiger partial charge in [0.15, 0.2) is 0 Å². The van der Waals surface area contributed by atoms with Crippen LogP contribution in [0.3, 0.4) is 0 Å². The van der Waals surface area contributed by atoms with Crippen molar-refractivity contribution in [1.82, 2.24) is 14.3 Å². The van der Waals surface area contributed by atoms with Crippen molar-refractivity contribution >= 4 is 22.6 Å². The van der Waals surface area contributed by atoms with Crippen LogP contribution in [0.4, 0.5) is 5.13 Å². The van der Waals surface area contributed by atoms with Crippen molar-refractivity contribution in [3.63, 3.8) is 0 Å². The van der Waals surface area contributed by atoms with Crippen LogP contribution in [0.25, 0.3) is 0 Å². The van der Waals surface area contributed by atoms with E-state index >= 15 is 0 Å². The molecule has 1 aromatic heterocycles. The maximum atomic E-state index is 12.4. The van der Waals surface area contributed by atoms with Gasteiger partial charge in [-0.3, -0.25) is 4.79 Å². The van der Waals surface area contributed by atoms with Crippen LogP contribution in [-0.4, -0.2) is 39.8 Å². The lowest BCUT2D eigenvalue weighted by Gasteiger charge is -2.34. The zero-order chi connectivity index (χ0) is 14.9. The van der Waals surface area contributed by atoms with Gasteiger partial charge in [-0.15, -0.1) is 0 Å². The molecule has 0 radical (unpaired) electrons. The van der Waals surface area contributed by atoms with Crippen molar-refractivity contribution < 1.29 is 4.79 Å². The van der Waals surface area contributed by atoms with Crippen molar-refractivity contribution in [1.29, 1.82) is 0 Å². The Morgan fingerprint density at radius 3 is 2.73 bits per heavy atom. The van der Waals surface area contributed by atoms with Crippen molar-refractivity contribution in [2.45, 2.75) is 25.3 Å². The molecule has 0 atom stereocenters. The first-order chi connectivity index (χ1) is 10.8.